The lowest BCUT2D eigenvalue weighted by atomic mass is 9.97. The highest BCUT2D eigenvalue weighted by molar-refractivity contribution is 5.95. The van der Waals surface area contributed by atoms with Gasteiger partial charge in [0.25, 0.3) is 0 Å². The zero-order valence-electron chi connectivity index (χ0n) is 9.14. The molecule has 1 aromatic carbocycles. The second-order valence-corrected chi connectivity index (χ2v) is 3.58. The molecule has 0 heterocycles. The molecule has 0 amide bonds. The summed E-state index contributed by atoms with van der Waals surface area (Å²) < 4.78 is 37.4. The van der Waals surface area contributed by atoms with Crippen LogP contribution in [0.3, 0.4) is 0 Å². The highest BCUT2D eigenvalue weighted by atomic mass is 19.4. The van der Waals surface area contributed by atoms with Crippen LogP contribution in [0.15, 0.2) is 18.2 Å². The number of nitrogens with zero attached hydrogens (tertiary/aromatic N) is 1. The van der Waals surface area contributed by atoms with Gasteiger partial charge in [-0.2, -0.15) is 18.4 Å². The van der Waals surface area contributed by atoms with E-state index in [1.165, 1.54) is 6.92 Å². The van der Waals surface area contributed by atoms with Gasteiger partial charge in [-0.25, -0.2) is 0 Å². The predicted molar refractivity (Wildman–Crippen MR) is 55.4 cm³/mol. The molecule has 0 N–H and O–H groups in total. The van der Waals surface area contributed by atoms with Gasteiger partial charge < -0.3 is 0 Å². The van der Waals surface area contributed by atoms with Gasteiger partial charge >= 0.3 is 6.18 Å². The van der Waals surface area contributed by atoms with Gasteiger partial charge in [-0.15, -0.1) is 0 Å². The van der Waals surface area contributed by atoms with E-state index in [0.717, 1.165) is 18.2 Å². The largest absolute Gasteiger partial charge is 0.416 e. The van der Waals surface area contributed by atoms with E-state index >= 15 is 0 Å². The van der Waals surface area contributed by atoms with Crippen molar-refractivity contribution in [1.29, 1.82) is 5.26 Å². The fraction of sp³-hybridized carbons (Fsp3) is 0.333. The molecule has 0 saturated heterocycles. The van der Waals surface area contributed by atoms with E-state index in [-0.39, 0.29) is 29.8 Å². The Hall–Kier alpha value is -1.83. The fourth-order valence-corrected chi connectivity index (χ4v) is 1.51. The Morgan fingerprint density at radius 2 is 2.06 bits per heavy atom. The molecule has 0 aliphatic carbocycles. The third-order valence-corrected chi connectivity index (χ3v) is 2.32. The molecule has 0 aliphatic heterocycles. The number of halogens is 3. The number of alkyl halides is 3. The summed E-state index contributed by atoms with van der Waals surface area (Å²) in [5, 5.41) is 8.43. The van der Waals surface area contributed by atoms with Gasteiger partial charge in [0.1, 0.15) is 0 Å². The Balaban J connectivity index is 3.20. The van der Waals surface area contributed by atoms with Gasteiger partial charge in [0.05, 0.1) is 11.6 Å². The van der Waals surface area contributed by atoms with E-state index in [2.05, 4.69) is 0 Å². The number of nitriles is 1. The quantitative estimate of drug-likeness (QED) is 0.761. The van der Waals surface area contributed by atoms with Crippen molar-refractivity contribution in [1.82, 2.24) is 0 Å². The van der Waals surface area contributed by atoms with Crippen LogP contribution in [0.1, 0.15) is 34.8 Å². The van der Waals surface area contributed by atoms with Crippen molar-refractivity contribution in [3.05, 3.63) is 34.9 Å². The van der Waals surface area contributed by atoms with Gasteiger partial charge in [0, 0.05) is 12.0 Å². The summed E-state index contributed by atoms with van der Waals surface area (Å²) in [5.74, 6) is -0.299. The maximum Gasteiger partial charge on any atom is 0.416 e. The van der Waals surface area contributed by atoms with Crippen LogP contribution in [0.25, 0.3) is 0 Å². The molecule has 1 rings (SSSR count). The summed E-state index contributed by atoms with van der Waals surface area (Å²) in [4.78, 5) is 11.2. The monoisotopic (exact) mass is 241 g/mol. The van der Waals surface area contributed by atoms with Crippen LogP contribution >= 0.6 is 0 Å². The molecule has 0 spiro atoms. The van der Waals surface area contributed by atoms with E-state index in [1.807, 2.05) is 6.07 Å². The number of hydrogen-bond acceptors (Lipinski definition) is 2. The van der Waals surface area contributed by atoms with Gasteiger partial charge in [0.15, 0.2) is 5.78 Å². The van der Waals surface area contributed by atoms with Crippen molar-refractivity contribution in [3.8, 4) is 6.07 Å². The SMILES string of the molecule is CC(=O)c1ccc(C(F)(F)F)cc1CCC#N. The minimum atomic E-state index is -4.43. The molecule has 17 heavy (non-hydrogen) atoms. The van der Waals surface area contributed by atoms with Crippen molar-refractivity contribution in [2.24, 2.45) is 0 Å². The molecule has 0 fully saturated rings. The van der Waals surface area contributed by atoms with Gasteiger partial charge in [-0.1, -0.05) is 6.07 Å². The third kappa shape index (κ3) is 3.31. The topological polar surface area (TPSA) is 40.9 Å². The lowest BCUT2D eigenvalue weighted by molar-refractivity contribution is -0.137. The molecule has 0 unspecified atom stereocenters. The Kier molecular flexibility index (Phi) is 3.89. The van der Waals surface area contributed by atoms with Crippen LogP contribution in [-0.4, -0.2) is 5.78 Å². The number of aryl methyl sites for hydroxylation is 1. The van der Waals surface area contributed by atoms with Gasteiger partial charge in [-0.3, -0.25) is 4.79 Å². The molecule has 0 atom stereocenters. The second-order valence-electron chi connectivity index (χ2n) is 3.58. The average Bonchev–Trinajstić information content (AvgIpc) is 2.24. The first-order chi connectivity index (χ1) is 7.86. The lowest BCUT2D eigenvalue weighted by Crippen LogP contribution is -2.08. The molecule has 0 saturated carbocycles. The van der Waals surface area contributed by atoms with Crippen LogP contribution in [-0.2, 0) is 12.6 Å². The Morgan fingerprint density at radius 1 is 1.41 bits per heavy atom. The number of hydrogen-bond donors (Lipinski definition) is 0. The number of carbonyl (C=O) groups excluding carboxylic acids is 1. The summed E-state index contributed by atoms with van der Waals surface area (Å²) in [6, 6.07) is 4.83. The summed E-state index contributed by atoms with van der Waals surface area (Å²) in [6.07, 6.45) is -4.20. The normalized spacial score (nSPS) is 11.0. The van der Waals surface area contributed by atoms with Crippen LogP contribution in [0, 0.1) is 11.3 Å². The summed E-state index contributed by atoms with van der Waals surface area (Å²) in [6.45, 7) is 1.29. The van der Waals surface area contributed by atoms with E-state index in [1.54, 1.807) is 0 Å². The van der Waals surface area contributed by atoms with Crippen molar-refractivity contribution in [2.45, 2.75) is 25.9 Å². The van der Waals surface area contributed by atoms with E-state index in [0.29, 0.717) is 0 Å². The number of rotatable bonds is 3. The van der Waals surface area contributed by atoms with E-state index in [9.17, 15) is 18.0 Å². The maximum atomic E-state index is 12.5. The lowest BCUT2D eigenvalue weighted by Gasteiger charge is -2.11. The van der Waals surface area contributed by atoms with Crippen molar-refractivity contribution >= 4 is 5.78 Å². The Morgan fingerprint density at radius 3 is 2.53 bits per heavy atom. The zero-order chi connectivity index (χ0) is 13.1. The first kappa shape index (κ1) is 13.2. The van der Waals surface area contributed by atoms with Crippen LogP contribution < -0.4 is 0 Å². The number of Topliss-reactive ketones (excluding diaryl/α,β-unsaturated/α-hetero) is 1. The summed E-state index contributed by atoms with van der Waals surface area (Å²) in [7, 11) is 0. The van der Waals surface area contributed by atoms with Crippen LogP contribution in [0.4, 0.5) is 13.2 Å². The number of carbonyl (C=O) groups is 1. The summed E-state index contributed by atoms with van der Waals surface area (Å²) >= 11 is 0. The Labute approximate surface area is 96.7 Å². The standard InChI is InChI=1S/C12H10F3NO/c1-8(17)11-5-4-10(12(13,14)15)7-9(11)3-2-6-16/h4-5,7H,2-3H2,1H3. The highest BCUT2D eigenvalue weighted by Crippen LogP contribution is 2.31. The Bertz CT molecular complexity index is 472. The number of benzene rings is 1. The molecule has 0 radical (unpaired) electrons. The van der Waals surface area contributed by atoms with Crippen LogP contribution in [0.5, 0.6) is 0 Å². The smallest absolute Gasteiger partial charge is 0.295 e. The third-order valence-electron chi connectivity index (χ3n) is 2.32. The average molecular weight is 241 g/mol. The molecule has 1 aromatic rings. The minimum Gasteiger partial charge on any atom is -0.295 e. The minimum absolute atomic E-state index is 0.0849. The first-order valence-corrected chi connectivity index (χ1v) is 4.94. The van der Waals surface area contributed by atoms with Crippen molar-refractivity contribution < 1.29 is 18.0 Å². The maximum absolute atomic E-state index is 12.5. The first-order valence-electron chi connectivity index (χ1n) is 4.94. The van der Waals surface area contributed by atoms with Crippen molar-refractivity contribution in [3.63, 3.8) is 0 Å². The molecule has 0 bridgehead atoms. The highest BCUT2D eigenvalue weighted by Gasteiger charge is 2.31. The van der Waals surface area contributed by atoms with Gasteiger partial charge in [-0.05, 0) is 31.0 Å². The van der Waals surface area contributed by atoms with Crippen molar-refractivity contribution in [2.75, 3.05) is 0 Å². The molecule has 2 nitrogen and oxygen atoms in total. The summed E-state index contributed by atoms with van der Waals surface area (Å²) in [5.41, 5.74) is -0.280. The van der Waals surface area contributed by atoms with E-state index in [4.69, 9.17) is 5.26 Å². The molecule has 0 aromatic heterocycles. The van der Waals surface area contributed by atoms with Crippen LogP contribution in [0.2, 0.25) is 0 Å². The molecule has 90 valence electrons. The number of ketones is 1. The molecular formula is C12H10F3NO. The molecule has 5 heteroatoms. The molecule has 0 aliphatic rings. The zero-order valence-corrected chi connectivity index (χ0v) is 9.14. The van der Waals surface area contributed by atoms with E-state index < -0.39 is 11.7 Å². The predicted octanol–water partition coefficient (Wildman–Crippen LogP) is 3.36. The molecular weight excluding hydrogens is 231 g/mol. The fourth-order valence-electron chi connectivity index (χ4n) is 1.51. The van der Waals surface area contributed by atoms with Gasteiger partial charge in [0.2, 0.25) is 0 Å². The second kappa shape index (κ2) is 5.00.